The molecule has 1 aliphatic rings. The van der Waals surface area contributed by atoms with Crippen LogP contribution in [0.1, 0.15) is 81.0 Å². The largest absolute Gasteiger partial charge is 0.462 e. The molecular weight excluding hydrogens is 576 g/mol. The molecule has 0 spiro atoms. The number of halogens is 1. The molecule has 0 saturated heterocycles. The number of unbranched alkanes of at least 4 members (excludes halogenated alkanes) is 2. The van der Waals surface area contributed by atoms with Gasteiger partial charge in [-0.1, -0.05) is 60.8 Å². The van der Waals surface area contributed by atoms with Crippen molar-refractivity contribution in [2.45, 2.75) is 39.5 Å². The first-order chi connectivity index (χ1) is 19.4. The Morgan fingerprint density at radius 2 is 1.23 bits per heavy atom. The zero-order chi connectivity index (χ0) is 28.1. The number of benzene rings is 5. The minimum Gasteiger partial charge on any atom is -0.462 e. The maximum atomic E-state index is 13.3. The number of hydrogen-bond donors (Lipinski definition) is 0. The van der Waals surface area contributed by atoms with Crippen LogP contribution in [0.2, 0.25) is 0 Å². The number of carbonyl (C=O) groups excluding carboxylic acids is 4. The summed E-state index contributed by atoms with van der Waals surface area (Å²) in [6, 6.07) is 12.1. The van der Waals surface area contributed by atoms with Crippen LogP contribution in [0.3, 0.4) is 0 Å². The molecule has 0 aliphatic carbocycles. The Labute approximate surface area is 237 Å². The van der Waals surface area contributed by atoms with Crippen molar-refractivity contribution in [3.63, 3.8) is 0 Å². The van der Waals surface area contributed by atoms with Gasteiger partial charge in [0, 0.05) is 26.0 Å². The van der Waals surface area contributed by atoms with E-state index in [1.165, 1.54) is 0 Å². The molecule has 6 rings (SSSR count). The second kappa shape index (κ2) is 10.2. The molecule has 40 heavy (non-hydrogen) atoms. The van der Waals surface area contributed by atoms with Gasteiger partial charge in [-0.15, -0.1) is 0 Å². The molecular formula is C32H25BrO7. The molecule has 1 aliphatic heterocycles. The maximum Gasteiger partial charge on any atom is 0.346 e. The van der Waals surface area contributed by atoms with E-state index in [1.807, 2.05) is 32.0 Å². The number of esters is 4. The van der Waals surface area contributed by atoms with Gasteiger partial charge in [-0.3, -0.25) is 0 Å². The molecule has 0 radical (unpaired) electrons. The van der Waals surface area contributed by atoms with Gasteiger partial charge in [0.15, 0.2) is 0 Å². The van der Waals surface area contributed by atoms with Crippen LogP contribution in [-0.2, 0) is 14.2 Å². The van der Waals surface area contributed by atoms with Crippen LogP contribution in [0.4, 0.5) is 0 Å². The first-order valence-corrected chi connectivity index (χ1v) is 14.2. The highest BCUT2D eigenvalue weighted by Crippen LogP contribution is 2.47. The average molecular weight is 601 g/mol. The third kappa shape index (κ3) is 3.92. The van der Waals surface area contributed by atoms with Crippen molar-refractivity contribution in [1.29, 1.82) is 0 Å². The summed E-state index contributed by atoms with van der Waals surface area (Å²) in [5.74, 6) is -2.41. The Morgan fingerprint density at radius 3 is 1.85 bits per heavy atom. The molecule has 5 aromatic carbocycles. The highest BCUT2D eigenvalue weighted by molar-refractivity contribution is 9.10. The summed E-state index contributed by atoms with van der Waals surface area (Å²) >= 11 is 3.65. The Kier molecular flexibility index (Phi) is 6.66. The zero-order valence-corrected chi connectivity index (χ0v) is 23.6. The monoisotopic (exact) mass is 600 g/mol. The lowest BCUT2D eigenvalue weighted by Crippen LogP contribution is -2.20. The van der Waals surface area contributed by atoms with E-state index in [2.05, 4.69) is 15.9 Å². The van der Waals surface area contributed by atoms with E-state index < -0.39 is 23.9 Å². The van der Waals surface area contributed by atoms with Crippen molar-refractivity contribution in [2.24, 2.45) is 0 Å². The molecule has 1 heterocycles. The summed E-state index contributed by atoms with van der Waals surface area (Å²) in [5, 5.41) is 5.49. The second-order valence-corrected chi connectivity index (χ2v) is 10.8. The van der Waals surface area contributed by atoms with E-state index >= 15 is 0 Å². The minimum absolute atomic E-state index is 0.276. The van der Waals surface area contributed by atoms with Crippen LogP contribution < -0.4 is 0 Å². The van der Waals surface area contributed by atoms with Crippen LogP contribution in [0, 0.1) is 0 Å². The Hall–Kier alpha value is -4.04. The van der Waals surface area contributed by atoms with Crippen LogP contribution in [0.25, 0.3) is 43.1 Å². The number of fused-ring (bicyclic) bond motifs is 2. The normalized spacial score (nSPS) is 13.0. The quantitative estimate of drug-likeness (QED) is 0.0449. The van der Waals surface area contributed by atoms with E-state index in [4.69, 9.17) is 14.2 Å². The van der Waals surface area contributed by atoms with Crippen LogP contribution in [0.5, 0.6) is 0 Å². The number of ether oxygens (including phenoxy) is 3. The van der Waals surface area contributed by atoms with Crippen LogP contribution in [-0.4, -0.2) is 37.1 Å². The minimum atomic E-state index is -0.701. The second-order valence-electron chi connectivity index (χ2n) is 9.92. The molecule has 0 saturated carbocycles. The number of hydrogen-bond acceptors (Lipinski definition) is 7. The summed E-state index contributed by atoms with van der Waals surface area (Å²) in [5.41, 5.74) is 1.18. The van der Waals surface area contributed by atoms with Gasteiger partial charge in [-0.05, 0) is 58.7 Å². The fraction of sp³-hybridized carbons (Fsp3) is 0.250. The predicted octanol–water partition coefficient (Wildman–Crippen LogP) is 7.72. The summed E-state index contributed by atoms with van der Waals surface area (Å²) in [4.78, 5) is 52.0. The standard InChI is InChI=1S/C32H25BrO7/c1-3-5-13-38-29(34)19-10-7-16-17-8-11-21-26-22(32(37)40-31(21)36)15-23(33)27(28(17)26)18-9-12-20(25(19)24(16)18)30(35)39-14-6-4-2/h7-12,15H,3-6,13-14H2,1-2H3. The molecule has 5 aromatic rings. The third-order valence-corrected chi connectivity index (χ3v) is 8.11. The van der Waals surface area contributed by atoms with Crippen molar-refractivity contribution in [3.05, 3.63) is 69.2 Å². The molecule has 202 valence electrons. The summed E-state index contributed by atoms with van der Waals surface area (Å²) in [7, 11) is 0. The van der Waals surface area contributed by atoms with Gasteiger partial charge < -0.3 is 14.2 Å². The van der Waals surface area contributed by atoms with E-state index in [0.29, 0.717) is 31.8 Å². The van der Waals surface area contributed by atoms with Gasteiger partial charge in [0.05, 0.1) is 35.5 Å². The molecule has 0 atom stereocenters. The average Bonchev–Trinajstić information content (AvgIpc) is 2.95. The van der Waals surface area contributed by atoms with Gasteiger partial charge in [-0.2, -0.15) is 0 Å². The van der Waals surface area contributed by atoms with Crippen LogP contribution >= 0.6 is 15.9 Å². The molecule has 0 N–H and O–H groups in total. The first-order valence-electron chi connectivity index (χ1n) is 13.4. The van der Waals surface area contributed by atoms with Crippen molar-refractivity contribution in [1.82, 2.24) is 0 Å². The SMILES string of the molecule is CCCCOC(=O)c1ccc2c3ccc4c5c(cc(Br)c(c6ccc(C(=O)OCCCC)c1c26)c53)C(=O)OC4=O. The Balaban J connectivity index is 1.73. The van der Waals surface area contributed by atoms with Gasteiger partial charge in [0.2, 0.25) is 0 Å². The Bertz CT molecular complexity index is 1860. The fourth-order valence-corrected chi connectivity index (χ4v) is 6.23. The van der Waals surface area contributed by atoms with Crippen molar-refractivity contribution in [3.8, 4) is 0 Å². The molecule has 0 amide bonds. The summed E-state index contributed by atoms with van der Waals surface area (Å²) in [6.45, 7) is 4.58. The first kappa shape index (κ1) is 26.2. The lowest BCUT2D eigenvalue weighted by atomic mass is 9.84. The lowest BCUT2D eigenvalue weighted by Gasteiger charge is -2.22. The number of cyclic esters (lactones) is 2. The van der Waals surface area contributed by atoms with Gasteiger partial charge >= 0.3 is 23.9 Å². The van der Waals surface area contributed by atoms with Crippen molar-refractivity contribution < 1.29 is 33.4 Å². The zero-order valence-electron chi connectivity index (χ0n) is 22.0. The third-order valence-electron chi connectivity index (χ3n) is 7.48. The van der Waals surface area contributed by atoms with Crippen molar-refractivity contribution in [2.75, 3.05) is 13.2 Å². The lowest BCUT2D eigenvalue weighted by molar-refractivity contribution is 0.0388. The predicted molar refractivity (Wildman–Crippen MR) is 155 cm³/mol. The highest BCUT2D eigenvalue weighted by Gasteiger charge is 2.32. The van der Waals surface area contributed by atoms with Crippen molar-refractivity contribution >= 4 is 82.9 Å². The molecule has 8 heteroatoms. The number of rotatable bonds is 8. The Morgan fingerprint density at radius 1 is 0.675 bits per heavy atom. The van der Waals surface area contributed by atoms with Gasteiger partial charge in [0.25, 0.3) is 0 Å². The maximum absolute atomic E-state index is 13.3. The fourth-order valence-electron chi connectivity index (χ4n) is 5.59. The van der Waals surface area contributed by atoms with E-state index in [-0.39, 0.29) is 24.3 Å². The van der Waals surface area contributed by atoms with Gasteiger partial charge in [-0.25, -0.2) is 19.2 Å². The summed E-state index contributed by atoms with van der Waals surface area (Å²) < 4.78 is 16.8. The number of carbonyl (C=O) groups is 4. The molecule has 0 bridgehead atoms. The van der Waals surface area contributed by atoms with Gasteiger partial charge in [0.1, 0.15) is 0 Å². The molecule has 0 unspecified atom stereocenters. The van der Waals surface area contributed by atoms with E-state index in [0.717, 1.165) is 52.6 Å². The highest BCUT2D eigenvalue weighted by atomic mass is 79.9. The molecule has 7 nitrogen and oxygen atoms in total. The molecule has 0 fully saturated rings. The van der Waals surface area contributed by atoms with E-state index in [9.17, 15) is 19.2 Å². The van der Waals surface area contributed by atoms with Crippen LogP contribution in [0.15, 0.2) is 46.9 Å². The smallest absolute Gasteiger partial charge is 0.346 e. The topological polar surface area (TPSA) is 96.0 Å². The van der Waals surface area contributed by atoms with E-state index in [1.54, 1.807) is 24.3 Å². The molecule has 0 aromatic heterocycles. The summed E-state index contributed by atoms with van der Waals surface area (Å²) in [6.07, 6.45) is 3.21.